The summed E-state index contributed by atoms with van der Waals surface area (Å²) >= 11 is 0. The quantitative estimate of drug-likeness (QED) is 0.772. The maximum Gasteiger partial charge on any atom is 0.243 e. The van der Waals surface area contributed by atoms with Gasteiger partial charge in [-0.15, -0.1) is 0 Å². The van der Waals surface area contributed by atoms with E-state index in [1.165, 1.54) is 0 Å². The Morgan fingerprint density at radius 2 is 1.95 bits per heavy atom. The molecule has 110 valence electrons. The van der Waals surface area contributed by atoms with E-state index in [9.17, 15) is 4.79 Å². The molecule has 0 atom stereocenters. The molecule has 2 N–H and O–H groups in total. The smallest absolute Gasteiger partial charge is 0.243 e. The Hall–Kier alpha value is -2.88. The Balaban J connectivity index is 1.63. The number of hydrogen-bond acceptors (Lipinski definition) is 3. The summed E-state index contributed by atoms with van der Waals surface area (Å²) in [7, 11) is 0. The maximum atomic E-state index is 12.0. The van der Waals surface area contributed by atoms with Gasteiger partial charge < -0.3 is 10.6 Å². The number of fused-ring (bicyclic) bond motifs is 1. The Labute approximate surface area is 129 Å². The second-order valence-corrected chi connectivity index (χ2v) is 5.21. The lowest BCUT2D eigenvalue weighted by Gasteiger charge is -2.09. The SMILES string of the molecule is Cc1cccc(NCC(=O)Nc2ccc3cnccc3c2)c1. The van der Waals surface area contributed by atoms with Gasteiger partial charge in [-0.3, -0.25) is 9.78 Å². The molecular formula is C18H17N3O. The average Bonchev–Trinajstić information content (AvgIpc) is 2.53. The van der Waals surface area contributed by atoms with Gasteiger partial charge in [-0.2, -0.15) is 0 Å². The zero-order chi connectivity index (χ0) is 15.4. The first kappa shape index (κ1) is 14.1. The topological polar surface area (TPSA) is 54.0 Å². The van der Waals surface area contributed by atoms with Gasteiger partial charge in [-0.05, 0) is 48.2 Å². The van der Waals surface area contributed by atoms with Crippen molar-refractivity contribution < 1.29 is 4.79 Å². The largest absolute Gasteiger partial charge is 0.376 e. The normalized spacial score (nSPS) is 10.4. The summed E-state index contributed by atoms with van der Waals surface area (Å²) in [6.45, 7) is 2.26. The second-order valence-electron chi connectivity index (χ2n) is 5.21. The number of rotatable bonds is 4. The Bertz CT molecular complexity index is 814. The molecule has 1 amide bonds. The second kappa shape index (κ2) is 6.26. The van der Waals surface area contributed by atoms with E-state index in [1.54, 1.807) is 12.4 Å². The van der Waals surface area contributed by atoms with Crippen LogP contribution in [0.25, 0.3) is 10.8 Å². The first-order valence-corrected chi connectivity index (χ1v) is 7.15. The van der Waals surface area contributed by atoms with Crippen molar-refractivity contribution in [1.29, 1.82) is 0 Å². The van der Waals surface area contributed by atoms with Crippen molar-refractivity contribution in [2.24, 2.45) is 0 Å². The van der Waals surface area contributed by atoms with Crippen molar-refractivity contribution >= 4 is 28.1 Å². The summed E-state index contributed by atoms with van der Waals surface area (Å²) in [5, 5.41) is 8.13. The molecule has 0 spiro atoms. The van der Waals surface area contributed by atoms with E-state index in [2.05, 4.69) is 15.6 Å². The highest BCUT2D eigenvalue weighted by molar-refractivity contribution is 5.96. The van der Waals surface area contributed by atoms with Crippen LogP contribution in [0.2, 0.25) is 0 Å². The molecule has 22 heavy (non-hydrogen) atoms. The van der Waals surface area contributed by atoms with Crippen LogP contribution < -0.4 is 10.6 Å². The standard InChI is InChI=1S/C18H17N3O/c1-13-3-2-4-16(9-13)20-12-18(22)21-17-6-5-15-11-19-8-7-14(15)10-17/h2-11,20H,12H2,1H3,(H,21,22). The summed E-state index contributed by atoms with van der Waals surface area (Å²) in [4.78, 5) is 16.1. The van der Waals surface area contributed by atoms with Crippen LogP contribution in [0.5, 0.6) is 0 Å². The van der Waals surface area contributed by atoms with Gasteiger partial charge in [0.1, 0.15) is 0 Å². The van der Waals surface area contributed by atoms with E-state index in [4.69, 9.17) is 0 Å². The fourth-order valence-corrected chi connectivity index (χ4v) is 2.30. The number of carbonyl (C=O) groups excluding carboxylic acids is 1. The van der Waals surface area contributed by atoms with Gasteiger partial charge in [-0.25, -0.2) is 0 Å². The summed E-state index contributed by atoms with van der Waals surface area (Å²) in [6.07, 6.45) is 3.55. The number of aryl methyl sites for hydroxylation is 1. The summed E-state index contributed by atoms with van der Waals surface area (Å²) in [6, 6.07) is 15.7. The molecule has 0 radical (unpaired) electrons. The van der Waals surface area contributed by atoms with Crippen molar-refractivity contribution in [2.75, 3.05) is 17.2 Å². The van der Waals surface area contributed by atoms with Crippen LogP contribution in [-0.2, 0) is 4.79 Å². The first-order valence-electron chi connectivity index (χ1n) is 7.15. The number of nitrogens with one attached hydrogen (secondary N) is 2. The molecule has 0 aliphatic carbocycles. The first-order chi connectivity index (χ1) is 10.7. The highest BCUT2D eigenvalue weighted by Gasteiger charge is 2.03. The minimum atomic E-state index is -0.0742. The van der Waals surface area contributed by atoms with Gasteiger partial charge in [0, 0.05) is 29.2 Å². The van der Waals surface area contributed by atoms with Gasteiger partial charge in [0.2, 0.25) is 5.91 Å². The molecule has 1 heterocycles. The molecule has 0 unspecified atom stereocenters. The van der Waals surface area contributed by atoms with Crippen LogP contribution in [0, 0.1) is 6.92 Å². The van der Waals surface area contributed by atoms with Crippen molar-refractivity contribution in [1.82, 2.24) is 4.98 Å². The number of carbonyl (C=O) groups is 1. The molecule has 3 aromatic rings. The monoisotopic (exact) mass is 291 g/mol. The predicted molar refractivity (Wildman–Crippen MR) is 90.0 cm³/mol. The third-order valence-electron chi connectivity index (χ3n) is 3.40. The molecule has 2 aromatic carbocycles. The average molecular weight is 291 g/mol. The fourth-order valence-electron chi connectivity index (χ4n) is 2.30. The number of benzene rings is 2. The van der Waals surface area contributed by atoms with Crippen LogP contribution in [0.1, 0.15) is 5.56 Å². The lowest BCUT2D eigenvalue weighted by molar-refractivity contribution is -0.114. The highest BCUT2D eigenvalue weighted by Crippen LogP contribution is 2.18. The maximum absolute atomic E-state index is 12.0. The van der Waals surface area contributed by atoms with Crippen molar-refractivity contribution in [3.63, 3.8) is 0 Å². The Morgan fingerprint density at radius 3 is 2.82 bits per heavy atom. The van der Waals surface area contributed by atoms with E-state index in [1.807, 2.05) is 55.5 Å². The molecule has 0 saturated carbocycles. The van der Waals surface area contributed by atoms with Crippen LogP contribution in [-0.4, -0.2) is 17.4 Å². The Morgan fingerprint density at radius 1 is 1.05 bits per heavy atom. The number of amides is 1. The number of pyridine rings is 1. The highest BCUT2D eigenvalue weighted by atomic mass is 16.1. The zero-order valence-electron chi connectivity index (χ0n) is 12.3. The molecule has 0 aliphatic heterocycles. The van der Waals surface area contributed by atoms with Crippen LogP contribution >= 0.6 is 0 Å². The molecule has 4 heteroatoms. The molecule has 0 bridgehead atoms. The number of hydrogen-bond donors (Lipinski definition) is 2. The Kier molecular flexibility index (Phi) is 4.01. The van der Waals surface area contributed by atoms with E-state index >= 15 is 0 Å². The minimum Gasteiger partial charge on any atom is -0.376 e. The molecule has 0 saturated heterocycles. The van der Waals surface area contributed by atoms with Crippen LogP contribution in [0.15, 0.2) is 60.9 Å². The minimum absolute atomic E-state index is 0.0742. The number of anilines is 2. The molecule has 4 nitrogen and oxygen atoms in total. The molecule has 3 rings (SSSR count). The number of nitrogens with zero attached hydrogens (tertiary/aromatic N) is 1. The summed E-state index contributed by atoms with van der Waals surface area (Å²) < 4.78 is 0. The van der Waals surface area contributed by atoms with E-state index < -0.39 is 0 Å². The van der Waals surface area contributed by atoms with Crippen molar-refractivity contribution in [2.45, 2.75) is 6.92 Å². The predicted octanol–water partition coefficient (Wildman–Crippen LogP) is 3.59. The molecule has 1 aromatic heterocycles. The lowest BCUT2D eigenvalue weighted by Crippen LogP contribution is -2.21. The van der Waals surface area contributed by atoms with Gasteiger partial charge in [0.15, 0.2) is 0 Å². The number of aromatic nitrogens is 1. The molecular weight excluding hydrogens is 274 g/mol. The third-order valence-corrected chi connectivity index (χ3v) is 3.40. The van der Waals surface area contributed by atoms with Gasteiger partial charge in [-0.1, -0.05) is 18.2 Å². The zero-order valence-corrected chi connectivity index (χ0v) is 12.3. The summed E-state index contributed by atoms with van der Waals surface area (Å²) in [5.41, 5.74) is 2.89. The van der Waals surface area contributed by atoms with E-state index in [0.717, 1.165) is 27.7 Å². The molecule has 0 aliphatic rings. The lowest BCUT2D eigenvalue weighted by atomic mass is 10.1. The van der Waals surface area contributed by atoms with Gasteiger partial charge >= 0.3 is 0 Å². The third kappa shape index (κ3) is 3.41. The molecule has 0 fully saturated rings. The van der Waals surface area contributed by atoms with Crippen LogP contribution in [0.3, 0.4) is 0 Å². The fraction of sp³-hybridized carbons (Fsp3) is 0.111. The van der Waals surface area contributed by atoms with E-state index in [0.29, 0.717) is 0 Å². The van der Waals surface area contributed by atoms with Crippen molar-refractivity contribution in [3.8, 4) is 0 Å². The summed E-state index contributed by atoms with van der Waals surface area (Å²) in [5.74, 6) is -0.0742. The van der Waals surface area contributed by atoms with Gasteiger partial charge in [0.25, 0.3) is 0 Å². The van der Waals surface area contributed by atoms with Crippen molar-refractivity contribution in [3.05, 3.63) is 66.5 Å². The van der Waals surface area contributed by atoms with E-state index in [-0.39, 0.29) is 12.5 Å². The van der Waals surface area contributed by atoms with Gasteiger partial charge in [0.05, 0.1) is 6.54 Å². The van der Waals surface area contributed by atoms with Crippen LogP contribution in [0.4, 0.5) is 11.4 Å².